The second-order valence-electron chi connectivity index (χ2n) is 6.36. The number of benzene rings is 2. The molecule has 0 bridgehead atoms. The van der Waals surface area contributed by atoms with E-state index in [0.29, 0.717) is 42.9 Å². The molecule has 4 nitrogen and oxygen atoms in total. The van der Waals surface area contributed by atoms with Gasteiger partial charge in [0.05, 0.1) is 4.90 Å². The van der Waals surface area contributed by atoms with Crippen molar-refractivity contribution < 1.29 is 12.8 Å². The van der Waals surface area contributed by atoms with Crippen LogP contribution in [0.5, 0.6) is 0 Å². The number of rotatable bonds is 5. The van der Waals surface area contributed by atoms with Gasteiger partial charge in [0.15, 0.2) is 0 Å². The van der Waals surface area contributed by atoms with Crippen LogP contribution >= 0.6 is 0 Å². The van der Waals surface area contributed by atoms with Crippen LogP contribution in [-0.4, -0.2) is 38.4 Å². The van der Waals surface area contributed by atoms with Crippen molar-refractivity contribution in [2.24, 2.45) is 0 Å². The van der Waals surface area contributed by atoms with Gasteiger partial charge in [0.25, 0.3) is 0 Å². The molecule has 2 aromatic carbocycles. The van der Waals surface area contributed by atoms with Crippen LogP contribution in [0.1, 0.15) is 17.5 Å². The average Bonchev–Trinajstić information content (AvgIpc) is 2.62. The summed E-state index contributed by atoms with van der Waals surface area (Å²) in [6, 6.07) is 13.4. The fourth-order valence-electron chi connectivity index (χ4n) is 3.33. The number of hydrogen-bond donors (Lipinski definition) is 1. The van der Waals surface area contributed by atoms with Gasteiger partial charge in [-0.25, -0.2) is 12.8 Å². The first-order valence-corrected chi connectivity index (χ1v) is 9.96. The topological polar surface area (TPSA) is 49.4 Å². The van der Waals surface area contributed by atoms with E-state index in [2.05, 4.69) is 5.32 Å². The maximum atomic E-state index is 14.1. The number of hydrogen-bond acceptors (Lipinski definition) is 3. The second-order valence-corrected chi connectivity index (χ2v) is 8.25. The number of nitrogens with zero attached hydrogens (tertiary/aromatic N) is 1. The van der Waals surface area contributed by atoms with E-state index in [1.807, 2.05) is 13.0 Å². The standard InChI is InChI=1S/C19H23FN2O2S/c1-15-6-5-9-19(20)18(15)11-10-16-14-21-12-13-22(16)25(23,24)17-7-3-2-4-8-17/h2-9,16,21H,10-14H2,1H3/t16-/m0/s1. The largest absolute Gasteiger partial charge is 0.314 e. The van der Waals surface area contributed by atoms with Gasteiger partial charge >= 0.3 is 0 Å². The number of halogens is 1. The average molecular weight is 362 g/mol. The zero-order valence-corrected chi connectivity index (χ0v) is 15.1. The molecule has 134 valence electrons. The van der Waals surface area contributed by atoms with Crippen LogP contribution in [0.2, 0.25) is 0 Å². The van der Waals surface area contributed by atoms with Crippen molar-refractivity contribution >= 4 is 10.0 Å². The second kappa shape index (κ2) is 7.64. The molecular formula is C19H23FN2O2S. The maximum Gasteiger partial charge on any atom is 0.243 e. The molecule has 2 aromatic rings. The molecule has 1 heterocycles. The molecule has 0 unspecified atom stereocenters. The smallest absolute Gasteiger partial charge is 0.243 e. The third-order valence-electron chi connectivity index (χ3n) is 4.73. The highest BCUT2D eigenvalue weighted by atomic mass is 32.2. The number of sulfonamides is 1. The van der Waals surface area contributed by atoms with Gasteiger partial charge in [-0.1, -0.05) is 30.3 Å². The van der Waals surface area contributed by atoms with Crippen LogP contribution in [0, 0.1) is 12.7 Å². The predicted molar refractivity (Wildman–Crippen MR) is 96.4 cm³/mol. The maximum absolute atomic E-state index is 14.1. The summed E-state index contributed by atoms with van der Waals surface area (Å²) < 4.78 is 41.6. The summed E-state index contributed by atoms with van der Waals surface area (Å²) in [6.45, 7) is 3.52. The van der Waals surface area contributed by atoms with E-state index in [-0.39, 0.29) is 11.9 Å². The number of piperazine rings is 1. The molecule has 1 N–H and O–H groups in total. The fraction of sp³-hybridized carbons (Fsp3) is 0.368. The monoisotopic (exact) mass is 362 g/mol. The Balaban J connectivity index is 1.80. The van der Waals surface area contributed by atoms with E-state index in [1.165, 1.54) is 6.07 Å². The van der Waals surface area contributed by atoms with Crippen molar-refractivity contribution in [1.29, 1.82) is 0 Å². The molecular weight excluding hydrogens is 339 g/mol. The molecule has 1 atom stereocenters. The van der Waals surface area contributed by atoms with Crippen LogP contribution in [-0.2, 0) is 16.4 Å². The lowest BCUT2D eigenvalue weighted by Crippen LogP contribution is -2.53. The van der Waals surface area contributed by atoms with Crippen molar-refractivity contribution in [1.82, 2.24) is 9.62 Å². The van der Waals surface area contributed by atoms with Crippen LogP contribution in [0.3, 0.4) is 0 Å². The summed E-state index contributed by atoms with van der Waals surface area (Å²) in [6.07, 6.45) is 1.10. The van der Waals surface area contributed by atoms with Crippen molar-refractivity contribution in [2.45, 2.75) is 30.7 Å². The van der Waals surface area contributed by atoms with Gasteiger partial charge in [-0.3, -0.25) is 0 Å². The van der Waals surface area contributed by atoms with Crippen LogP contribution < -0.4 is 5.32 Å². The molecule has 0 aromatic heterocycles. The van der Waals surface area contributed by atoms with Crippen molar-refractivity contribution in [3.8, 4) is 0 Å². The lowest BCUT2D eigenvalue weighted by Gasteiger charge is -2.35. The molecule has 6 heteroatoms. The Hall–Kier alpha value is -1.76. The Labute approximate surface area is 148 Å². The highest BCUT2D eigenvalue weighted by Gasteiger charge is 2.33. The zero-order valence-electron chi connectivity index (χ0n) is 14.3. The van der Waals surface area contributed by atoms with E-state index >= 15 is 0 Å². The molecule has 25 heavy (non-hydrogen) atoms. The molecule has 1 aliphatic heterocycles. The Bertz CT molecular complexity index is 804. The molecule has 1 aliphatic rings. The molecule has 0 spiro atoms. The van der Waals surface area contributed by atoms with Crippen LogP contribution in [0.15, 0.2) is 53.4 Å². The first-order chi connectivity index (χ1) is 12.0. The molecule has 0 radical (unpaired) electrons. The van der Waals surface area contributed by atoms with E-state index in [0.717, 1.165) is 5.56 Å². The highest BCUT2D eigenvalue weighted by molar-refractivity contribution is 7.89. The molecule has 0 aliphatic carbocycles. The van der Waals surface area contributed by atoms with E-state index < -0.39 is 10.0 Å². The molecule has 1 fully saturated rings. The normalized spacial score (nSPS) is 19.0. The molecule has 0 amide bonds. The first kappa shape index (κ1) is 18.0. The predicted octanol–water partition coefficient (Wildman–Crippen LogP) is 2.73. The van der Waals surface area contributed by atoms with Gasteiger partial charge < -0.3 is 5.32 Å². The highest BCUT2D eigenvalue weighted by Crippen LogP contribution is 2.23. The summed E-state index contributed by atoms with van der Waals surface area (Å²) in [5.41, 5.74) is 1.58. The van der Waals surface area contributed by atoms with Crippen molar-refractivity contribution in [3.05, 3.63) is 65.5 Å². The first-order valence-electron chi connectivity index (χ1n) is 8.52. The summed E-state index contributed by atoms with van der Waals surface area (Å²) in [5, 5.41) is 3.25. The molecule has 1 saturated heterocycles. The number of nitrogens with one attached hydrogen (secondary N) is 1. The summed E-state index contributed by atoms with van der Waals surface area (Å²) in [5.74, 6) is -0.221. The van der Waals surface area contributed by atoms with Gasteiger partial charge in [0.1, 0.15) is 5.82 Å². The SMILES string of the molecule is Cc1cccc(F)c1CC[C@H]1CNCCN1S(=O)(=O)c1ccccc1. The van der Waals surface area contributed by atoms with Gasteiger partial charge in [-0.15, -0.1) is 0 Å². The van der Waals surface area contributed by atoms with Gasteiger partial charge in [0.2, 0.25) is 10.0 Å². The lowest BCUT2D eigenvalue weighted by atomic mass is 10.00. The third-order valence-corrected chi connectivity index (χ3v) is 6.69. The third kappa shape index (κ3) is 3.92. The fourth-order valence-corrected chi connectivity index (χ4v) is 5.00. The minimum absolute atomic E-state index is 0.182. The number of aryl methyl sites for hydroxylation is 1. The summed E-state index contributed by atoms with van der Waals surface area (Å²) in [7, 11) is -3.54. The van der Waals surface area contributed by atoms with Gasteiger partial charge in [-0.05, 0) is 49.1 Å². The van der Waals surface area contributed by atoms with E-state index in [4.69, 9.17) is 0 Å². The Morgan fingerprint density at radius 2 is 1.92 bits per heavy atom. The summed E-state index contributed by atoms with van der Waals surface area (Å²) in [4.78, 5) is 0.309. The van der Waals surface area contributed by atoms with Crippen molar-refractivity contribution in [2.75, 3.05) is 19.6 Å². The Morgan fingerprint density at radius 3 is 2.64 bits per heavy atom. The minimum Gasteiger partial charge on any atom is -0.314 e. The lowest BCUT2D eigenvalue weighted by molar-refractivity contribution is 0.255. The summed E-state index contributed by atoms with van der Waals surface area (Å²) >= 11 is 0. The van der Waals surface area contributed by atoms with Crippen LogP contribution in [0.25, 0.3) is 0 Å². The van der Waals surface area contributed by atoms with Gasteiger partial charge in [0, 0.05) is 25.7 Å². The zero-order chi connectivity index (χ0) is 17.9. The Morgan fingerprint density at radius 1 is 1.16 bits per heavy atom. The Kier molecular flexibility index (Phi) is 5.51. The van der Waals surface area contributed by atoms with Crippen molar-refractivity contribution in [3.63, 3.8) is 0 Å². The molecule has 3 rings (SSSR count). The van der Waals surface area contributed by atoms with E-state index in [1.54, 1.807) is 40.7 Å². The quantitative estimate of drug-likeness (QED) is 0.890. The van der Waals surface area contributed by atoms with Gasteiger partial charge in [-0.2, -0.15) is 4.31 Å². The van der Waals surface area contributed by atoms with Crippen LogP contribution in [0.4, 0.5) is 4.39 Å². The minimum atomic E-state index is -3.54. The van der Waals surface area contributed by atoms with E-state index in [9.17, 15) is 12.8 Å². The molecule has 0 saturated carbocycles.